The number of rotatable bonds is 2. The second-order valence-electron chi connectivity index (χ2n) is 5.63. The minimum Gasteiger partial charge on any atom is -0.506 e. The van der Waals surface area contributed by atoms with Gasteiger partial charge in [-0.3, -0.25) is 0 Å². The number of ether oxygens (including phenoxy) is 1. The van der Waals surface area contributed by atoms with E-state index in [1.165, 1.54) is 0 Å². The molecule has 25 heavy (non-hydrogen) atoms. The van der Waals surface area contributed by atoms with Crippen molar-refractivity contribution in [3.63, 3.8) is 0 Å². The average Bonchev–Trinajstić information content (AvgIpc) is 2.63. The zero-order chi connectivity index (χ0) is 17.6. The molecular formula is C20H14O5. The molecule has 0 aliphatic heterocycles. The lowest BCUT2D eigenvalue weighted by Gasteiger charge is -2.13. The summed E-state index contributed by atoms with van der Waals surface area (Å²) in [5.41, 5.74) is -0.218. The molecule has 5 heteroatoms. The van der Waals surface area contributed by atoms with Crippen LogP contribution in [0.25, 0.3) is 32.5 Å². The van der Waals surface area contributed by atoms with Crippen molar-refractivity contribution in [2.45, 2.75) is 6.92 Å². The standard InChI is InChI=1S/C20H14O5/c1-2-24-20(23)16-15-11-7-3-6-10-14(11)19(22)25-18(15)13-9-5-4-8-12(13)17(16)21/h3-10,21H,2H2,1H3. The highest BCUT2D eigenvalue weighted by Crippen LogP contribution is 2.39. The van der Waals surface area contributed by atoms with E-state index in [1.54, 1.807) is 55.5 Å². The van der Waals surface area contributed by atoms with Gasteiger partial charge in [0, 0.05) is 21.5 Å². The van der Waals surface area contributed by atoms with Crippen molar-refractivity contribution in [1.29, 1.82) is 0 Å². The van der Waals surface area contributed by atoms with E-state index in [2.05, 4.69) is 0 Å². The molecule has 4 rings (SSSR count). The van der Waals surface area contributed by atoms with Gasteiger partial charge < -0.3 is 14.3 Å². The Morgan fingerprint density at radius 3 is 2.28 bits per heavy atom. The second-order valence-corrected chi connectivity index (χ2v) is 5.63. The molecule has 0 radical (unpaired) electrons. The number of esters is 1. The molecule has 0 aliphatic rings. The molecule has 1 heterocycles. The van der Waals surface area contributed by atoms with Gasteiger partial charge in [-0.05, 0) is 13.0 Å². The third kappa shape index (κ3) is 2.16. The van der Waals surface area contributed by atoms with Crippen molar-refractivity contribution in [2.24, 2.45) is 0 Å². The summed E-state index contributed by atoms with van der Waals surface area (Å²) in [4.78, 5) is 24.9. The average molecular weight is 334 g/mol. The van der Waals surface area contributed by atoms with Crippen LogP contribution < -0.4 is 5.63 Å². The predicted molar refractivity (Wildman–Crippen MR) is 95.1 cm³/mol. The van der Waals surface area contributed by atoms with E-state index in [0.29, 0.717) is 26.9 Å². The fourth-order valence-corrected chi connectivity index (χ4v) is 3.18. The summed E-state index contributed by atoms with van der Waals surface area (Å²) in [6.07, 6.45) is 0. The molecule has 0 atom stereocenters. The number of aromatic hydroxyl groups is 1. The van der Waals surface area contributed by atoms with Gasteiger partial charge in [-0.15, -0.1) is 0 Å². The van der Waals surface area contributed by atoms with Gasteiger partial charge in [0.15, 0.2) is 0 Å². The summed E-state index contributed by atoms with van der Waals surface area (Å²) < 4.78 is 10.7. The molecule has 124 valence electrons. The Morgan fingerprint density at radius 2 is 1.60 bits per heavy atom. The zero-order valence-corrected chi connectivity index (χ0v) is 13.4. The lowest BCUT2D eigenvalue weighted by atomic mass is 9.96. The number of carbonyl (C=O) groups is 1. The summed E-state index contributed by atoms with van der Waals surface area (Å²) in [5.74, 6) is -0.838. The quantitative estimate of drug-likeness (QED) is 0.341. The van der Waals surface area contributed by atoms with Crippen LogP contribution in [0.4, 0.5) is 0 Å². The number of hydrogen-bond acceptors (Lipinski definition) is 5. The van der Waals surface area contributed by atoms with E-state index in [0.717, 1.165) is 0 Å². The maximum atomic E-state index is 12.5. The van der Waals surface area contributed by atoms with Crippen molar-refractivity contribution >= 4 is 38.5 Å². The smallest absolute Gasteiger partial charge is 0.344 e. The van der Waals surface area contributed by atoms with Gasteiger partial charge in [0.1, 0.15) is 16.9 Å². The Hall–Kier alpha value is -3.34. The first-order valence-corrected chi connectivity index (χ1v) is 7.89. The third-order valence-electron chi connectivity index (χ3n) is 4.23. The van der Waals surface area contributed by atoms with E-state index in [-0.39, 0.29) is 23.5 Å². The Morgan fingerprint density at radius 1 is 1.00 bits per heavy atom. The van der Waals surface area contributed by atoms with Crippen LogP contribution in [0.15, 0.2) is 57.7 Å². The van der Waals surface area contributed by atoms with Crippen molar-refractivity contribution in [3.8, 4) is 5.75 Å². The zero-order valence-electron chi connectivity index (χ0n) is 13.4. The maximum Gasteiger partial charge on any atom is 0.344 e. The number of carbonyl (C=O) groups excluding carboxylic acids is 1. The van der Waals surface area contributed by atoms with Gasteiger partial charge in [0.25, 0.3) is 0 Å². The van der Waals surface area contributed by atoms with Crippen molar-refractivity contribution in [3.05, 3.63) is 64.5 Å². The van der Waals surface area contributed by atoms with Crippen LogP contribution in [0.5, 0.6) is 5.75 Å². The SMILES string of the molecule is CCOC(=O)c1c(O)c2ccccc2c2oc(=O)c3ccccc3c12. The fraction of sp³-hybridized carbons (Fsp3) is 0.100. The largest absolute Gasteiger partial charge is 0.506 e. The van der Waals surface area contributed by atoms with E-state index < -0.39 is 11.6 Å². The number of phenols is 1. The van der Waals surface area contributed by atoms with Gasteiger partial charge in [-0.2, -0.15) is 0 Å². The molecule has 1 N–H and O–H groups in total. The van der Waals surface area contributed by atoms with Gasteiger partial charge in [0.05, 0.1) is 12.0 Å². The van der Waals surface area contributed by atoms with Gasteiger partial charge in [0.2, 0.25) is 0 Å². The molecule has 0 amide bonds. The Labute approximate surface area is 142 Å². The monoisotopic (exact) mass is 334 g/mol. The molecule has 0 saturated heterocycles. The normalized spacial score (nSPS) is 11.2. The molecule has 0 aliphatic carbocycles. The number of fused-ring (bicyclic) bond motifs is 5. The molecule has 3 aromatic carbocycles. The molecule has 4 aromatic rings. The van der Waals surface area contributed by atoms with E-state index in [9.17, 15) is 14.7 Å². The van der Waals surface area contributed by atoms with Gasteiger partial charge in [-0.1, -0.05) is 42.5 Å². The molecule has 0 saturated carbocycles. The highest BCUT2D eigenvalue weighted by atomic mass is 16.5. The first-order chi connectivity index (χ1) is 12.1. The highest BCUT2D eigenvalue weighted by molar-refractivity contribution is 6.24. The molecule has 0 unspecified atom stereocenters. The van der Waals surface area contributed by atoms with Crippen molar-refractivity contribution in [1.82, 2.24) is 0 Å². The summed E-state index contributed by atoms with van der Waals surface area (Å²) in [6.45, 7) is 1.86. The first-order valence-electron chi connectivity index (χ1n) is 7.89. The number of benzene rings is 3. The van der Waals surface area contributed by atoms with Crippen molar-refractivity contribution in [2.75, 3.05) is 6.61 Å². The summed E-state index contributed by atoms with van der Waals surface area (Å²) in [7, 11) is 0. The predicted octanol–water partition coefficient (Wildman–Crippen LogP) is 3.98. The Balaban J connectivity index is 2.35. The van der Waals surface area contributed by atoms with Crippen LogP contribution >= 0.6 is 0 Å². The number of hydrogen-bond donors (Lipinski definition) is 1. The van der Waals surface area contributed by atoms with Crippen LogP contribution in [0.1, 0.15) is 17.3 Å². The van der Waals surface area contributed by atoms with Crippen molar-refractivity contribution < 1.29 is 19.1 Å². The van der Waals surface area contributed by atoms with Crippen LogP contribution in [0, 0.1) is 0 Å². The molecular weight excluding hydrogens is 320 g/mol. The summed E-state index contributed by atoms with van der Waals surface area (Å²) in [6, 6.07) is 13.8. The lowest BCUT2D eigenvalue weighted by molar-refractivity contribution is 0.0526. The first kappa shape index (κ1) is 15.2. The topological polar surface area (TPSA) is 76.7 Å². The van der Waals surface area contributed by atoms with Gasteiger partial charge >= 0.3 is 11.6 Å². The van der Waals surface area contributed by atoms with Crippen LogP contribution in [0.3, 0.4) is 0 Å². The van der Waals surface area contributed by atoms with Crippen LogP contribution in [-0.4, -0.2) is 17.7 Å². The summed E-state index contributed by atoms with van der Waals surface area (Å²) >= 11 is 0. The molecule has 1 aromatic heterocycles. The molecule has 0 bridgehead atoms. The Bertz CT molecular complexity index is 1200. The highest BCUT2D eigenvalue weighted by Gasteiger charge is 2.24. The Kier molecular flexibility index (Phi) is 3.42. The maximum absolute atomic E-state index is 12.5. The number of phenolic OH excluding ortho intramolecular Hbond substituents is 1. The van der Waals surface area contributed by atoms with E-state index >= 15 is 0 Å². The van der Waals surface area contributed by atoms with Crippen LogP contribution in [0.2, 0.25) is 0 Å². The van der Waals surface area contributed by atoms with Crippen LogP contribution in [-0.2, 0) is 4.74 Å². The fourth-order valence-electron chi connectivity index (χ4n) is 3.18. The molecule has 0 spiro atoms. The van der Waals surface area contributed by atoms with Gasteiger partial charge in [-0.25, -0.2) is 9.59 Å². The minimum absolute atomic E-state index is 0.00972. The minimum atomic E-state index is -0.658. The van der Waals surface area contributed by atoms with E-state index in [4.69, 9.17) is 9.15 Å². The third-order valence-corrected chi connectivity index (χ3v) is 4.23. The summed E-state index contributed by atoms with van der Waals surface area (Å²) in [5, 5.41) is 13.0. The second kappa shape index (κ2) is 5.63. The molecule has 5 nitrogen and oxygen atoms in total. The lowest BCUT2D eigenvalue weighted by Crippen LogP contribution is -2.08. The molecule has 0 fully saturated rings. The van der Waals surface area contributed by atoms with E-state index in [1.807, 2.05) is 0 Å².